The van der Waals surface area contributed by atoms with E-state index in [0.29, 0.717) is 12.5 Å². The minimum Gasteiger partial charge on any atom is -0.458 e. The molecule has 0 amide bonds. The van der Waals surface area contributed by atoms with E-state index in [-0.39, 0.29) is 47.4 Å². The van der Waals surface area contributed by atoms with Gasteiger partial charge in [-0.2, -0.15) is 0 Å². The van der Waals surface area contributed by atoms with Crippen molar-refractivity contribution < 1.29 is 48.2 Å². The zero-order chi connectivity index (χ0) is 29.8. The van der Waals surface area contributed by atoms with Crippen LogP contribution in [0.25, 0.3) is 0 Å². The number of esters is 2. The molecule has 7 aliphatic rings. The number of cyclic esters (lactones) is 1. The first-order valence-corrected chi connectivity index (χ1v) is 15.9. The smallest absolute Gasteiger partial charge is 0.331 e. The number of aliphatic hydroxyl groups is 2. The van der Waals surface area contributed by atoms with Crippen LogP contribution < -0.4 is 0 Å². The number of ether oxygens (including phenoxy) is 6. The fourth-order valence-corrected chi connectivity index (χ4v) is 10.7. The molecule has 0 radical (unpaired) electrons. The highest BCUT2D eigenvalue weighted by Gasteiger charge is 2.79. The monoisotopic (exact) mass is 590 g/mol. The number of aliphatic hydroxyl groups excluding tert-OH is 1. The Bertz CT molecular complexity index is 1160. The van der Waals surface area contributed by atoms with Gasteiger partial charge in [0.15, 0.2) is 12.4 Å². The van der Waals surface area contributed by atoms with E-state index in [1.807, 2.05) is 0 Å². The molecule has 0 bridgehead atoms. The standard InChI is InChI=1S/C32H46O10/c1-15-24(35)26(37-5)27(40-16(2)33)29(39-15)41-19-8-10-30(3)18(13-19)6-7-21-23(30)25-28(42-25)31(4)20(9-11-32(21,31)36)17-12-22(34)38-14-17/h12,15,18-21,23-29,35-36H,6-11,13-14H2,1-5H3/t15-,18+,19-,20+,21+,23+,24-,25-,26+,27-,28-,29-,30-,31-,32-/m0/s1. The number of rotatable bonds is 5. The number of carbonyl (C=O) groups excluding carboxylic acids is 2. The first-order chi connectivity index (χ1) is 19.9. The molecule has 4 aliphatic carbocycles. The Balaban J connectivity index is 1.09. The molecule has 0 aromatic heterocycles. The van der Waals surface area contributed by atoms with Crippen molar-refractivity contribution in [2.75, 3.05) is 13.7 Å². The molecule has 10 heteroatoms. The van der Waals surface area contributed by atoms with Gasteiger partial charge in [0.1, 0.15) is 18.8 Å². The number of hydrogen-bond donors (Lipinski definition) is 2. The minimum absolute atomic E-state index is 0.00427. The molecule has 15 atom stereocenters. The molecule has 0 aromatic carbocycles. The van der Waals surface area contributed by atoms with Gasteiger partial charge in [-0.05, 0) is 86.5 Å². The molecular weight excluding hydrogens is 544 g/mol. The van der Waals surface area contributed by atoms with Crippen molar-refractivity contribution in [3.63, 3.8) is 0 Å². The van der Waals surface area contributed by atoms with Crippen LogP contribution >= 0.6 is 0 Å². The van der Waals surface area contributed by atoms with E-state index in [2.05, 4.69) is 13.8 Å². The summed E-state index contributed by atoms with van der Waals surface area (Å²) in [5.41, 5.74) is -0.249. The first kappa shape index (κ1) is 29.2. The predicted octanol–water partition coefficient (Wildman–Crippen LogP) is 2.67. The van der Waals surface area contributed by atoms with E-state index >= 15 is 0 Å². The lowest BCUT2D eigenvalue weighted by Gasteiger charge is -2.62. The quantitative estimate of drug-likeness (QED) is 0.280. The van der Waals surface area contributed by atoms with Gasteiger partial charge in [-0.1, -0.05) is 13.8 Å². The lowest BCUT2D eigenvalue weighted by molar-refractivity contribution is -0.315. The van der Waals surface area contributed by atoms with Crippen LogP contribution in [0.5, 0.6) is 0 Å². The van der Waals surface area contributed by atoms with Crippen LogP contribution in [0.3, 0.4) is 0 Å². The number of fused-ring (bicyclic) bond motifs is 8. The second-order valence-electron chi connectivity index (χ2n) is 14.6. The maximum absolute atomic E-state index is 12.6. The minimum atomic E-state index is -0.938. The van der Waals surface area contributed by atoms with Gasteiger partial charge in [-0.3, -0.25) is 4.79 Å². The molecule has 6 fully saturated rings. The van der Waals surface area contributed by atoms with Gasteiger partial charge in [0, 0.05) is 25.5 Å². The highest BCUT2D eigenvalue weighted by atomic mass is 16.7. The first-order valence-electron chi connectivity index (χ1n) is 15.9. The van der Waals surface area contributed by atoms with Crippen LogP contribution in [0, 0.1) is 34.5 Å². The molecule has 2 saturated heterocycles. The summed E-state index contributed by atoms with van der Waals surface area (Å²) in [4.78, 5) is 23.8. The fourth-order valence-electron chi connectivity index (χ4n) is 10.7. The lowest BCUT2D eigenvalue weighted by atomic mass is 9.43. The Morgan fingerprint density at radius 2 is 1.88 bits per heavy atom. The number of epoxide rings is 1. The summed E-state index contributed by atoms with van der Waals surface area (Å²) in [6, 6.07) is 0. The van der Waals surface area contributed by atoms with Crippen molar-refractivity contribution >= 4 is 11.9 Å². The van der Waals surface area contributed by atoms with Crippen molar-refractivity contribution in [3.05, 3.63) is 11.6 Å². The zero-order valence-electron chi connectivity index (χ0n) is 25.3. The number of carbonyl (C=O) groups is 2. The van der Waals surface area contributed by atoms with Crippen LogP contribution in [0.1, 0.15) is 72.6 Å². The van der Waals surface area contributed by atoms with Gasteiger partial charge < -0.3 is 38.6 Å². The molecule has 42 heavy (non-hydrogen) atoms. The average Bonchev–Trinajstić information content (AvgIpc) is 3.54. The Hall–Kier alpha value is -1.56. The second-order valence-corrected chi connectivity index (χ2v) is 14.6. The van der Waals surface area contributed by atoms with Crippen LogP contribution in [0.4, 0.5) is 0 Å². The van der Waals surface area contributed by atoms with E-state index in [4.69, 9.17) is 28.4 Å². The Morgan fingerprint density at radius 1 is 1.10 bits per heavy atom. The van der Waals surface area contributed by atoms with Gasteiger partial charge in [-0.15, -0.1) is 0 Å². The highest BCUT2D eigenvalue weighted by molar-refractivity contribution is 5.85. The molecule has 234 valence electrons. The van der Waals surface area contributed by atoms with Gasteiger partial charge in [-0.25, -0.2) is 4.79 Å². The summed E-state index contributed by atoms with van der Waals surface area (Å²) in [7, 11) is 1.49. The summed E-state index contributed by atoms with van der Waals surface area (Å²) in [6.07, 6.45) is 3.87. The topological polar surface area (TPSA) is 133 Å². The molecule has 10 nitrogen and oxygen atoms in total. The highest BCUT2D eigenvalue weighted by Crippen LogP contribution is 2.74. The van der Waals surface area contributed by atoms with Crippen molar-refractivity contribution in [2.45, 2.75) is 127 Å². The Kier molecular flexibility index (Phi) is 6.93. The Labute approximate surface area is 247 Å². The maximum Gasteiger partial charge on any atom is 0.331 e. The predicted molar refractivity (Wildman–Crippen MR) is 147 cm³/mol. The van der Waals surface area contributed by atoms with Crippen molar-refractivity contribution in [1.82, 2.24) is 0 Å². The summed E-state index contributed by atoms with van der Waals surface area (Å²) >= 11 is 0. The molecule has 7 rings (SSSR count). The molecule has 3 heterocycles. The van der Waals surface area contributed by atoms with E-state index in [0.717, 1.165) is 50.5 Å². The van der Waals surface area contributed by atoms with Crippen molar-refractivity contribution in [3.8, 4) is 0 Å². The maximum atomic E-state index is 12.6. The third-order valence-electron chi connectivity index (χ3n) is 12.9. The Morgan fingerprint density at radius 3 is 2.57 bits per heavy atom. The molecule has 0 unspecified atom stereocenters. The summed E-state index contributed by atoms with van der Waals surface area (Å²) in [5.74, 6) is 0.147. The number of methoxy groups -OCH3 is 1. The summed E-state index contributed by atoms with van der Waals surface area (Å²) in [5, 5.41) is 23.2. The fraction of sp³-hybridized carbons (Fsp3) is 0.875. The molecule has 4 saturated carbocycles. The normalized spacial score (nSPS) is 54.5. The zero-order valence-corrected chi connectivity index (χ0v) is 25.3. The summed E-state index contributed by atoms with van der Waals surface area (Å²) < 4.78 is 35.5. The van der Waals surface area contributed by atoms with Crippen molar-refractivity contribution in [2.24, 2.45) is 34.5 Å². The van der Waals surface area contributed by atoms with E-state index in [1.165, 1.54) is 14.0 Å². The van der Waals surface area contributed by atoms with Gasteiger partial charge in [0.25, 0.3) is 0 Å². The molecule has 3 aliphatic heterocycles. The van der Waals surface area contributed by atoms with Crippen LogP contribution in [0.15, 0.2) is 11.6 Å². The summed E-state index contributed by atoms with van der Waals surface area (Å²) in [6.45, 7) is 8.02. The molecule has 0 spiro atoms. The van der Waals surface area contributed by atoms with Gasteiger partial charge in [0.05, 0.1) is 30.0 Å². The third kappa shape index (κ3) is 4.04. The molecule has 0 aromatic rings. The van der Waals surface area contributed by atoms with E-state index in [1.54, 1.807) is 13.0 Å². The van der Waals surface area contributed by atoms with Crippen LogP contribution in [-0.2, 0) is 38.0 Å². The van der Waals surface area contributed by atoms with Crippen LogP contribution in [0.2, 0.25) is 0 Å². The van der Waals surface area contributed by atoms with Gasteiger partial charge in [0.2, 0.25) is 0 Å². The lowest BCUT2D eigenvalue weighted by Crippen LogP contribution is -2.65. The molecular formula is C32H46O10. The molecule has 2 N–H and O–H groups in total. The average molecular weight is 591 g/mol. The SMILES string of the molecule is CO[C@@H]1[C@@H](O)[C@H](C)O[C@@H](O[C@H]2CC[C@@]3(C)[C@H](CC[C@@H]4[C@@H]3[C@@H]3O[C@@H]3[C@]3(C)[C@@H](C5=CC(=O)OC5)CC[C@]43O)C2)[C@H]1OC(C)=O. The second kappa shape index (κ2) is 9.97. The van der Waals surface area contributed by atoms with Crippen molar-refractivity contribution in [1.29, 1.82) is 0 Å². The third-order valence-corrected chi connectivity index (χ3v) is 12.9. The largest absolute Gasteiger partial charge is 0.458 e. The van der Waals surface area contributed by atoms with E-state index < -0.39 is 47.7 Å². The van der Waals surface area contributed by atoms with Gasteiger partial charge >= 0.3 is 11.9 Å². The van der Waals surface area contributed by atoms with Crippen LogP contribution in [-0.4, -0.2) is 90.5 Å². The van der Waals surface area contributed by atoms with E-state index in [9.17, 15) is 19.8 Å². The number of hydrogen-bond acceptors (Lipinski definition) is 10.